The van der Waals surface area contributed by atoms with Crippen LogP contribution in [0, 0.1) is 5.41 Å². The largest absolute Gasteiger partial charge is 0.368 e. The van der Waals surface area contributed by atoms with E-state index in [1.807, 2.05) is 62.3 Å². The van der Waals surface area contributed by atoms with E-state index in [1.54, 1.807) is 5.06 Å². The first-order chi connectivity index (χ1) is 16.4. The van der Waals surface area contributed by atoms with Crippen LogP contribution in [0.15, 0.2) is 0 Å². The highest BCUT2D eigenvalue weighted by Crippen LogP contribution is 2.19. The van der Waals surface area contributed by atoms with Crippen molar-refractivity contribution in [2.24, 2.45) is 5.41 Å². The molecule has 0 spiro atoms. The highest BCUT2D eigenvalue weighted by Gasteiger charge is 2.24. The summed E-state index contributed by atoms with van der Waals surface area (Å²) in [5.41, 5.74) is -1.04. The minimum atomic E-state index is -0.945. The van der Waals surface area contributed by atoms with Crippen LogP contribution < -0.4 is 5.32 Å². The molecule has 0 saturated carbocycles. The summed E-state index contributed by atoms with van der Waals surface area (Å²) in [4.78, 5) is 22.4. The van der Waals surface area contributed by atoms with Crippen LogP contribution >= 0.6 is 0 Å². The molecule has 36 heavy (non-hydrogen) atoms. The number of β-amino-alcohol motifs (C(OH)–C–C–N with tert-alkyl or cyclic N) is 2. The van der Waals surface area contributed by atoms with Gasteiger partial charge >= 0.3 is 5.97 Å². The van der Waals surface area contributed by atoms with Gasteiger partial charge in [-0.1, -0.05) is 20.8 Å². The number of ether oxygens (including phenoxy) is 2. The van der Waals surface area contributed by atoms with Gasteiger partial charge in [0.05, 0.1) is 17.6 Å². The maximum Gasteiger partial charge on any atom is 0.325 e. The minimum absolute atomic E-state index is 0.146. The van der Waals surface area contributed by atoms with Gasteiger partial charge in [0.1, 0.15) is 0 Å². The van der Waals surface area contributed by atoms with Crippen LogP contribution in [0.5, 0.6) is 0 Å². The Morgan fingerprint density at radius 1 is 0.750 bits per heavy atom. The van der Waals surface area contributed by atoms with Gasteiger partial charge in [-0.15, -0.1) is 5.06 Å². The number of hydrogen-bond donors (Lipinski definition) is 3. The predicted octanol–water partition coefficient (Wildman–Crippen LogP) is 1.66. The molecule has 1 saturated heterocycles. The minimum Gasteiger partial charge on any atom is -0.368 e. The van der Waals surface area contributed by atoms with Crippen molar-refractivity contribution in [1.29, 1.82) is 0 Å². The van der Waals surface area contributed by atoms with E-state index in [1.165, 1.54) is 0 Å². The lowest BCUT2D eigenvalue weighted by atomic mass is 9.93. The summed E-state index contributed by atoms with van der Waals surface area (Å²) >= 11 is 0. The quantitative estimate of drug-likeness (QED) is 0.411. The van der Waals surface area contributed by atoms with E-state index >= 15 is 0 Å². The number of carbonyl (C=O) groups excluding carboxylic acids is 1. The molecule has 1 aliphatic heterocycles. The SMILES string of the molecule is CC(C)(C)CC(=O)ON1CCNCCN(CC(O)OC(C)(C)C)CCN(CC(O)OC(C)(C)C)CC1. The van der Waals surface area contributed by atoms with Gasteiger partial charge in [0, 0.05) is 65.4 Å². The topological polar surface area (TPSA) is 107 Å². The summed E-state index contributed by atoms with van der Waals surface area (Å²) in [6.45, 7) is 23.4. The number of hydroxylamine groups is 2. The Balaban J connectivity index is 2.87. The maximum absolute atomic E-state index is 12.5. The van der Waals surface area contributed by atoms with Crippen molar-refractivity contribution in [3.63, 3.8) is 0 Å². The molecule has 214 valence electrons. The molecule has 2 unspecified atom stereocenters. The lowest BCUT2D eigenvalue weighted by molar-refractivity contribution is -0.196. The lowest BCUT2D eigenvalue weighted by Crippen LogP contribution is -2.49. The van der Waals surface area contributed by atoms with Crippen LogP contribution in [0.2, 0.25) is 0 Å². The van der Waals surface area contributed by atoms with Crippen LogP contribution in [0.4, 0.5) is 0 Å². The summed E-state index contributed by atoms with van der Waals surface area (Å²) in [6, 6.07) is 0. The van der Waals surface area contributed by atoms with Gasteiger partial charge in [-0.25, -0.2) is 0 Å². The molecular formula is C26H54N4O6. The van der Waals surface area contributed by atoms with E-state index in [2.05, 4.69) is 15.1 Å². The van der Waals surface area contributed by atoms with Gasteiger partial charge in [0.25, 0.3) is 0 Å². The van der Waals surface area contributed by atoms with E-state index in [0.29, 0.717) is 58.8 Å². The number of aliphatic hydroxyl groups excluding tert-OH is 2. The second kappa shape index (κ2) is 14.9. The highest BCUT2D eigenvalue weighted by molar-refractivity contribution is 5.69. The van der Waals surface area contributed by atoms with Gasteiger partial charge in [-0.3, -0.25) is 14.6 Å². The Labute approximate surface area is 219 Å². The second-order valence-corrected chi connectivity index (χ2v) is 12.9. The summed E-state index contributed by atoms with van der Waals surface area (Å²) in [5, 5.41) is 26.1. The zero-order valence-electron chi connectivity index (χ0n) is 24.3. The molecule has 1 fully saturated rings. The molecule has 1 rings (SSSR count). The average molecular weight is 519 g/mol. The standard InChI is InChI=1S/C26H54N4O6/c1-24(2,3)18-21(31)36-30-13-11-27-10-12-28(19-22(32)34-25(4,5)6)14-15-29(16-17-30)20-23(33)35-26(7,8)9/h22-23,27,32-33H,10-20H2,1-9H3. The third-order valence-corrected chi connectivity index (χ3v) is 5.25. The molecule has 3 N–H and O–H groups in total. The van der Waals surface area contributed by atoms with Crippen LogP contribution in [0.25, 0.3) is 0 Å². The molecule has 0 amide bonds. The van der Waals surface area contributed by atoms with Gasteiger partial charge in [-0.2, -0.15) is 0 Å². The summed E-state index contributed by atoms with van der Waals surface area (Å²) in [6.07, 6.45) is -1.49. The monoisotopic (exact) mass is 518 g/mol. The normalized spacial score (nSPS) is 20.9. The van der Waals surface area contributed by atoms with E-state index in [9.17, 15) is 15.0 Å². The number of hydrogen-bond acceptors (Lipinski definition) is 10. The second-order valence-electron chi connectivity index (χ2n) is 12.9. The van der Waals surface area contributed by atoms with Gasteiger partial charge < -0.3 is 29.8 Å². The van der Waals surface area contributed by atoms with Crippen molar-refractivity contribution in [1.82, 2.24) is 20.2 Å². The third kappa shape index (κ3) is 17.6. The lowest BCUT2D eigenvalue weighted by Gasteiger charge is -2.34. The third-order valence-electron chi connectivity index (χ3n) is 5.25. The van der Waals surface area contributed by atoms with Crippen molar-refractivity contribution in [2.45, 2.75) is 92.5 Å². The van der Waals surface area contributed by atoms with Gasteiger partial charge in [0.2, 0.25) is 0 Å². The first-order valence-electron chi connectivity index (χ1n) is 13.2. The smallest absolute Gasteiger partial charge is 0.325 e. The number of aliphatic hydroxyl groups is 2. The summed E-state index contributed by atoms with van der Waals surface area (Å²) in [7, 11) is 0. The van der Waals surface area contributed by atoms with Crippen LogP contribution in [-0.4, -0.2) is 120 Å². The molecule has 0 aromatic rings. The van der Waals surface area contributed by atoms with Crippen molar-refractivity contribution >= 4 is 5.97 Å². The zero-order valence-corrected chi connectivity index (χ0v) is 24.3. The van der Waals surface area contributed by atoms with Gasteiger partial charge in [0.15, 0.2) is 12.6 Å². The van der Waals surface area contributed by atoms with Crippen molar-refractivity contribution in [2.75, 3.05) is 65.4 Å². The maximum atomic E-state index is 12.5. The van der Waals surface area contributed by atoms with E-state index < -0.39 is 23.8 Å². The Bertz CT molecular complexity index is 629. The molecule has 10 heteroatoms. The number of nitrogens with zero attached hydrogens (tertiary/aromatic N) is 3. The molecule has 0 bridgehead atoms. The van der Waals surface area contributed by atoms with E-state index in [-0.39, 0.29) is 11.4 Å². The Kier molecular flexibility index (Phi) is 13.8. The zero-order chi connectivity index (χ0) is 27.6. The van der Waals surface area contributed by atoms with Crippen LogP contribution in [0.1, 0.15) is 68.7 Å². The Hall–Kier alpha value is -0.850. The number of nitrogens with one attached hydrogen (secondary N) is 1. The fourth-order valence-electron chi connectivity index (χ4n) is 3.84. The fraction of sp³-hybridized carbons (Fsp3) is 0.962. The number of rotatable bonds is 8. The molecular weight excluding hydrogens is 464 g/mol. The predicted molar refractivity (Wildman–Crippen MR) is 141 cm³/mol. The Morgan fingerprint density at radius 3 is 1.67 bits per heavy atom. The molecule has 0 aromatic carbocycles. The number of carbonyl (C=O) groups is 1. The molecule has 0 radical (unpaired) electrons. The molecule has 2 atom stereocenters. The summed E-state index contributed by atoms with van der Waals surface area (Å²) < 4.78 is 11.4. The molecule has 1 heterocycles. The molecule has 1 aliphatic rings. The van der Waals surface area contributed by atoms with Crippen LogP contribution in [0.3, 0.4) is 0 Å². The first kappa shape index (κ1) is 33.2. The molecule has 10 nitrogen and oxygen atoms in total. The Morgan fingerprint density at radius 2 is 1.19 bits per heavy atom. The van der Waals surface area contributed by atoms with E-state index in [0.717, 1.165) is 13.1 Å². The van der Waals surface area contributed by atoms with Crippen LogP contribution in [-0.2, 0) is 19.1 Å². The molecule has 0 aromatic heterocycles. The summed E-state index contributed by atoms with van der Waals surface area (Å²) in [5.74, 6) is -0.240. The fourth-order valence-corrected chi connectivity index (χ4v) is 3.84. The van der Waals surface area contributed by atoms with Crippen molar-refractivity contribution < 1.29 is 29.3 Å². The highest BCUT2D eigenvalue weighted by atomic mass is 16.7. The van der Waals surface area contributed by atoms with Crippen molar-refractivity contribution in [3.05, 3.63) is 0 Å². The average Bonchev–Trinajstić information content (AvgIpc) is 2.63. The molecule has 0 aliphatic carbocycles. The first-order valence-corrected chi connectivity index (χ1v) is 13.2. The van der Waals surface area contributed by atoms with E-state index in [4.69, 9.17) is 14.3 Å². The van der Waals surface area contributed by atoms with Crippen molar-refractivity contribution in [3.8, 4) is 0 Å². The van der Waals surface area contributed by atoms with Gasteiger partial charge in [-0.05, 0) is 47.0 Å².